The summed E-state index contributed by atoms with van der Waals surface area (Å²) in [6, 6.07) is 0. The van der Waals surface area contributed by atoms with E-state index in [1.807, 2.05) is 0 Å². The number of hydrogen-bond acceptors (Lipinski definition) is 3. The minimum Gasteiger partial charge on any atom is -0.462 e. The lowest BCUT2D eigenvalue weighted by Crippen LogP contribution is -2.36. The van der Waals surface area contributed by atoms with Crippen LogP contribution >= 0.6 is 0 Å². The molecule has 3 nitrogen and oxygen atoms in total. The average Bonchev–Trinajstić information content (AvgIpc) is 2.28. The van der Waals surface area contributed by atoms with Crippen LogP contribution in [0, 0.1) is 17.8 Å². The van der Waals surface area contributed by atoms with E-state index in [1.54, 1.807) is 6.92 Å². The van der Waals surface area contributed by atoms with Crippen LogP contribution in [0.15, 0.2) is 0 Å². The van der Waals surface area contributed by atoms with Gasteiger partial charge in [0.1, 0.15) is 18.3 Å². The van der Waals surface area contributed by atoms with Gasteiger partial charge in [0, 0.05) is 6.42 Å². The summed E-state index contributed by atoms with van der Waals surface area (Å²) in [7, 11) is 0. The Morgan fingerprint density at radius 2 is 1.94 bits per heavy atom. The van der Waals surface area contributed by atoms with Crippen LogP contribution in [-0.4, -0.2) is 17.9 Å². The van der Waals surface area contributed by atoms with Gasteiger partial charge in [-0.2, -0.15) is 0 Å². The monoisotopic (exact) mass is 254 g/mol. The summed E-state index contributed by atoms with van der Waals surface area (Å²) in [4.78, 5) is 23.0. The van der Waals surface area contributed by atoms with E-state index in [9.17, 15) is 9.59 Å². The van der Waals surface area contributed by atoms with Crippen molar-refractivity contribution < 1.29 is 14.3 Å². The first-order valence-electron chi connectivity index (χ1n) is 7.15. The minimum absolute atomic E-state index is 0.00547. The zero-order valence-electron chi connectivity index (χ0n) is 12.1. The van der Waals surface area contributed by atoms with E-state index < -0.39 is 0 Å². The number of hydrogen-bond donors (Lipinski definition) is 0. The molecule has 3 heteroatoms. The van der Waals surface area contributed by atoms with E-state index >= 15 is 0 Å². The van der Waals surface area contributed by atoms with Gasteiger partial charge in [0.15, 0.2) is 0 Å². The molecule has 18 heavy (non-hydrogen) atoms. The van der Waals surface area contributed by atoms with Gasteiger partial charge in [-0.15, -0.1) is 0 Å². The lowest BCUT2D eigenvalue weighted by atomic mass is 9.75. The molecule has 1 rings (SSSR count). The fourth-order valence-corrected chi connectivity index (χ4v) is 2.75. The molecule has 104 valence electrons. The Morgan fingerprint density at radius 3 is 2.50 bits per heavy atom. The molecular weight excluding hydrogens is 228 g/mol. The Bertz CT molecular complexity index is 296. The second-order valence-corrected chi connectivity index (χ2v) is 5.92. The van der Waals surface area contributed by atoms with Crippen LogP contribution in [0.4, 0.5) is 0 Å². The quantitative estimate of drug-likeness (QED) is 0.558. The predicted octanol–water partition coefficient (Wildman–Crippen LogP) is 3.36. The van der Waals surface area contributed by atoms with Crippen molar-refractivity contribution in [2.45, 2.75) is 65.9 Å². The zero-order valence-corrected chi connectivity index (χ0v) is 12.1. The number of rotatable bonds is 5. The van der Waals surface area contributed by atoms with E-state index in [4.69, 9.17) is 4.74 Å². The van der Waals surface area contributed by atoms with Gasteiger partial charge in [-0.3, -0.25) is 9.59 Å². The van der Waals surface area contributed by atoms with Crippen molar-refractivity contribution in [3.63, 3.8) is 0 Å². The molecule has 0 spiro atoms. The lowest BCUT2D eigenvalue weighted by Gasteiger charge is -2.36. The van der Waals surface area contributed by atoms with E-state index in [0.717, 1.165) is 12.8 Å². The van der Waals surface area contributed by atoms with Crippen LogP contribution in [0.25, 0.3) is 0 Å². The van der Waals surface area contributed by atoms with Crippen LogP contribution in [0.1, 0.15) is 59.8 Å². The molecule has 0 heterocycles. The third kappa shape index (κ3) is 4.43. The van der Waals surface area contributed by atoms with Crippen molar-refractivity contribution in [1.82, 2.24) is 0 Å². The zero-order chi connectivity index (χ0) is 13.7. The van der Waals surface area contributed by atoms with Crippen molar-refractivity contribution in [2.75, 3.05) is 0 Å². The average molecular weight is 254 g/mol. The van der Waals surface area contributed by atoms with Gasteiger partial charge in [0.05, 0.1) is 0 Å². The minimum atomic E-state index is -0.341. The topological polar surface area (TPSA) is 43.4 Å². The lowest BCUT2D eigenvalue weighted by molar-refractivity contribution is -0.157. The van der Waals surface area contributed by atoms with E-state index in [0.29, 0.717) is 24.2 Å². The summed E-state index contributed by atoms with van der Waals surface area (Å²) in [6.07, 6.45) is 3.62. The molecule has 0 radical (unpaired) electrons. The van der Waals surface area contributed by atoms with Crippen LogP contribution in [0.3, 0.4) is 0 Å². The summed E-state index contributed by atoms with van der Waals surface area (Å²) >= 11 is 0. The third-order valence-electron chi connectivity index (χ3n) is 3.98. The highest BCUT2D eigenvalue weighted by Crippen LogP contribution is 2.35. The second kappa shape index (κ2) is 6.91. The number of ether oxygens (including phenoxy) is 1. The molecule has 0 aliphatic heterocycles. The first-order valence-corrected chi connectivity index (χ1v) is 7.15. The molecule has 3 atom stereocenters. The van der Waals surface area contributed by atoms with Gasteiger partial charge in [-0.05, 0) is 30.6 Å². The van der Waals surface area contributed by atoms with E-state index in [1.165, 1.54) is 6.42 Å². The molecule has 1 saturated carbocycles. The number of esters is 1. The number of carbonyl (C=O) groups excluding carboxylic acids is 2. The van der Waals surface area contributed by atoms with E-state index in [2.05, 4.69) is 20.8 Å². The molecule has 1 aliphatic carbocycles. The summed E-state index contributed by atoms with van der Waals surface area (Å²) in [6.45, 7) is 8.33. The smallest absolute Gasteiger partial charge is 0.313 e. The van der Waals surface area contributed by atoms with Gasteiger partial charge in [0.2, 0.25) is 0 Å². The molecular formula is C15H26O3. The Morgan fingerprint density at radius 1 is 1.28 bits per heavy atom. The predicted molar refractivity (Wildman–Crippen MR) is 71.1 cm³/mol. The largest absolute Gasteiger partial charge is 0.462 e. The van der Waals surface area contributed by atoms with Crippen LogP contribution in [0.5, 0.6) is 0 Å². The highest BCUT2D eigenvalue weighted by molar-refractivity contribution is 5.95. The van der Waals surface area contributed by atoms with Crippen molar-refractivity contribution in [3.05, 3.63) is 0 Å². The van der Waals surface area contributed by atoms with Gasteiger partial charge in [-0.25, -0.2) is 0 Å². The van der Waals surface area contributed by atoms with Crippen molar-refractivity contribution in [1.29, 1.82) is 0 Å². The fourth-order valence-electron chi connectivity index (χ4n) is 2.75. The molecule has 0 bridgehead atoms. The highest BCUT2D eigenvalue weighted by Gasteiger charge is 2.33. The molecule has 0 amide bonds. The third-order valence-corrected chi connectivity index (χ3v) is 3.98. The fraction of sp³-hybridized carbons (Fsp3) is 0.867. The molecule has 1 fully saturated rings. The summed E-state index contributed by atoms with van der Waals surface area (Å²) < 4.78 is 5.55. The summed E-state index contributed by atoms with van der Waals surface area (Å²) in [5, 5.41) is 0. The molecule has 0 aromatic heterocycles. The number of ketones is 1. The molecule has 0 aromatic rings. The molecule has 0 aromatic carbocycles. The van der Waals surface area contributed by atoms with Crippen LogP contribution < -0.4 is 0 Å². The molecule has 1 aliphatic rings. The number of Topliss-reactive ketones (excluding diaryl/α,β-unsaturated/α-hetero) is 1. The van der Waals surface area contributed by atoms with Crippen LogP contribution in [0.2, 0.25) is 0 Å². The standard InChI is InChI=1S/C15H26O3/c1-5-12(16)9-15(17)18-14-8-11(4)6-7-13(14)10(2)3/h10-11,13-14H,5-9H2,1-4H3. The van der Waals surface area contributed by atoms with Crippen molar-refractivity contribution in [2.24, 2.45) is 17.8 Å². The first kappa shape index (κ1) is 15.2. The maximum absolute atomic E-state index is 11.7. The SMILES string of the molecule is CCC(=O)CC(=O)OC1CC(C)CCC1C(C)C. The van der Waals surface area contributed by atoms with E-state index in [-0.39, 0.29) is 24.3 Å². The summed E-state index contributed by atoms with van der Waals surface area (Å²) in [5.41, 5.74) is 0. The highest BCUT2D eigenvalue weighted by atomic mass is 16.5. The maximum atomic E-state index is 11.7. The van der Waals surface area contributed by atoms with Crippen LogP contribution in [-0.2, 0) is 14.3 Å². The van der Waals surface area contributed by atoms with Gasteiger partial charge in [0.25, 0.3) is 0 Å². The maximum Gasteiger partial charge on any atom is 0.313 e. The van der Waals surface area contributed by atoms with Crippen molar-refractivity contribution >= 4 is 11.8 Å². The van der Waals surface area contributed by atoms with Gasteiger partial charge in [-0.1, -0.05) is 34.1 Å². The van der Waals surface area contributed by atoms with Gasteiger partial charge < -0.3 is 4.74 Å². The normalized spacial score (nSPS) is 28.2. The summed E-state index contributed by atoms with van der Waals surface area (Å²) in [5.74, 6) is 1.20. The Balaban J connectivity index is 2.55. The van der Waals surface area contributed by atoms with Crippen molar-refractivity contribution in [3.8, 4) is 0 Å². The number of carbonyl (C=O) groups is 2. The Hall–Kier alpha value is -0.860. The molecule has 0 saturated heterocycles. The van der Waals surface area contributed by atoms with Gasteiger partial charge >= 0.3 is 5.97 Å². The molecule has 3 unspecified atom stereocenters. The Kier molecular flexibility index (Phi) is 5.83. The second-order valence-electron chi connectivity index (χ2n) is 5.92. The first-order chi connectivity index (χ1) is 8.43. The Labute approximate surface area is 110 Å². The molecule has 0 N–H and O–H groups in total.